The average Bonchev–Trinajstić information content (AvgIpc) is 2.45. The Kier molecular flexibility index (Phi) is 6.05. The van der Waals surface area contributed by atoms with E-state index in [0.717, 1.165) is 10.9 Å². The van der Waals surface area contributed by atoms with Crippen LogP contribution < -0.4 is 5.32 Å². The lowest BCUT2D eigenvalue weighted by atomic mass is 9.88. The number of amides is 1. The second kappa shape index (κ2) is 7.79. The molecule has 20 heavy (non-hydrogen) atoms. The van der Waals surface area contributed by atoms with Gasteiger partial charge in [-0.05, 0) is 46.8 Å². The summed E-state index contributed by atoms with van der Waals surface area (Å²) in [6, 6.07) is 7.44. The summed E-state index contributed by atoms with van der Waals surface area (Å²) in [4.78, 5) is 12.0. The standard InChI is InChI=1S/C16H22BrNO2/c1-12-6-2-5-9-15(12)20-11-10-18-16(19)13-7-3-4-8-14(13)17/h3-4,7-8,12,15H,2,5-6,9-11H2,1H3,(H,18,19)/t12-,15+/m0/s1. The molecule has 1 saturated carbocycles. The molecule has 0 radical (unpaired) electrons. The van der Waals surface area contributed by atoms with Crippen LogP contribution in [0, 0.1) is 5.92 Å². The molecule has 3 nitrogen and oxygen atoms in total. The van der Waals surface area contributed by atoms with Crippen LogP contribution in [-0.2, 0) is 4.74 Å². The Balaban J connectivity index is 1.71. The third-order valence-electron chi connectivity index (χ3n) is 3.87. The minimum atomic E-state index is -0.0576. The lowest BCUT2D eigenvalue weighted by molar-refractivity contribution is -0.00294. The van der Waals surface area contributed by atoms with Crippen LogP contribution in [0.25, 0.3) is 0 Å². The topological polar surface area (TPSA) is 38.3 Å². The molecule has 2 rings (SSSR count). The second-order valence-corrected chi connectivity index (χ2v) is 6.26. The fourth-order valence-electron chi connectivity index (χ4n) is 2.65. The Labute approximate surface area is 129 Å². The Morgan fingerprint density at radius 1 is 1.35 bits per heavy atom. The van der Waals surface area contributed by atoms with E-state index in [1.165, 1.54) is 19.3 Å². The molecule has 110 valence electrons. The molecule has 0 bridgehead atoms. The lowest BCUT2D eigenvalue weighted by Crippen LogP contribution is -2.31. The van der Waals surface area contributed by atoms with Crippen molar-refractivity contribution in [2.45, 2.75) is 38.7 Å². The van der Waals surface area contributed by atoms with Gasteiger partial charge in [-0.1, -0.05) is 31.9 Å². The minimum Gasteiger partial charge on any atom is -0.376 e. The van der Waals surface area contributed by atoms with E-state index in [-0.39, 0.29) is 5.91 Å². The van der Waals surface area contributed by atoms with Crippen molar-refractivity contribution in [1.82, 2.24) is 5.32 Å². The summed E-state index contributed by atoms with van der Waals surface area (Å²) < 4.78 is 6.70. The van der Waals surface area contributed by atoms with Gasteiger partial charge >= 0.3 is 0 Å². The van der Waals surface area contributed by atoms with Crippen molar-refractivity contribution in [1.29, 1.82) is 0 Å². The number of hydrogen-bond acceptors (Lipinski definition) is 2. The normalized spacial score (nSPS) is 22.5. The van der Waals surface area contributed by atoms with Gasteiger partial charge in [0.05, 0.1) is 18.3 Å². The highest BCUT2D eigenvalue weighted by molar-refractivity contribution is 9.10. The molecular formula is C16H22BrNO2. The number of benzene rings is 1. The van der Waals surface area contributed by atoms with Crippen LogP contribution in [0.4, 0.5) is 0 Å². The van der Waals surface area contributed by atoms with Gasteiger partial charge in [0.15, 0.2) is 0 Å². The number of carbonyl (C=O) groups excluding carboxylic acids is 1. The first-order valence-electron chi connectivity index (χ1n) is 7.33. The van der Waals surface area contributed by atoms with Gasteiger partial charge in [-0.2, -0.15) is 0 Å². The van der Waals surface area contributed by atoms with E-state index >= 15 is 0 Å². The van der Waals surface area contributed by atoms with Crippen LogP contribution in [0.5, 0.6) is 0 Å². The first kappa shape index (κ1) is 15.5. The summed E-state index contributed by atoms with van der Waals surface area (Å²) in [5, 5.41) is 2.90. The molecule has 0 unspecified atom stereocenters. The first-order chi connectivity index (χ1) is 9.68. The lowest BCUT2D eigenvalue weighted by Gasteiger charge is -2.28. The smallest absolute Gasteiger partial charge is 0.252 e. The van der Waals surface area contributed by atoms with Gasteiger partial charge in [-0.15, -0.1) is 0 Å². The number of halogens is 1. The molecule has 1 aliphatic rings. The third-order valence-corrected chi connectivity index (χ3v) is 4.56. The monoisotopic (exact) mass is 339 g/mol. The SMILES string of the molecule is C[C@H]1CCCC[C@H]1OCCNC(=O)c1ccccc1Br. The summed E-state index contributed by atoms with van der Waals surface area (Å²) in [6.45, 7) is 3.40. The summed E-state index contributed by atoms with van der Waals surface area (Å²) in [6.07, 6.45) is 5.36. The van der Waals surface area contributed by atoms with E-state index in [1.54, 1.807) is 0 Å². The minimum absolute atomic E-state index is 0.0576. The van der Waals surface area contributed by atoms with Gasteiger partial charge in [-0.25, -0.2) is 0 Å². The molecule has 1 aliphatic carbocycles. The number of hydrogen-bond donors (Lipinski definition) is 1. The van der Waals surface area contributed by atoms with Crippen molar-refractivity contribution in [2.75, 3.05) is 13.2 Å². The van der Waals surface area contributed by atoms with Crippen LogP contribution in [-0.4, -0.2) is 25.2 Å². The maximum absolute atomic E-state index is 12.0. The average molecular weight is 340 g/mol. The number of nitrogens with one attached hydrogen (secondary N) is 1. The molecule has 0 heterocycles. The fourth-order valence-corrected chi connectivity index (χ4v) is 3.11. The van der Waals surface area contributed by atoms with Crippen molar-refractivity contribution in [3.8, 4) is 0 Å². The largest absolute Gasteiger partial charge is 0.376 e. The van der Waals surface area contributed by atoms with Crippen molar-refractivity contribution in [2.24, 2.45) is 5.92 Å². The molecule has 4 heteroatoms. The molecule has 1 aromatic rings. The molecule has 1 aromatic carbocycles. The molecule has 0 spiro atoms. The molecule has 0 aliphatic heterocycles. The third kappa shape index (κ3) is 4.32. The fraction of sp³-hybridized carbons (Fsp3) is 0.562. The van der Waals surface area contributed by atoms with E-state index in [1.807, 2.05) is 24.3 Å². The predicted molar refractivity (Wildman–Crippen MR) is 83.8 cm³/mol. The van der Waals surface area contributed by atoms with Crippen LogP contribution in [0.1, 0.15) is 43.0 Å². The van der Waals surface area contributed by atoms with Crippen molar-refractivity contribution in [3.63, 3.8) is 0 Å². The Hall–Kier alpha value is -0.870. The van der Waals surface area contributed by atoms with Crippen molar-refractivity contribution >= 4 is 21.8 Å². The zero-order valence-electron chi connectivity index (χ0n) is 11.9. The van der Waals surface area contributed by atoms with Gasteiger partial charge in [0.25, 0.3) is 5.91 Å². The highest BCUT2D eigenvalue weighted by Crippen LogP contribution is 2.26. The quantitative estimate of drug-likeness (QED) is 0.829. The number of ether oxygens (including phenoxy) is 1. The zero-order chi connectivity index (χ0) is 14.4. The summed E-state index contributed by atoms with van der Waals surface area (Å²) in [5.74, 6) is 0.584. The maximum Gasteiger partial charge on any atom is 0.252 e. The molecular weight excluding hydrogens is 318 g/mol. The summed E-state index contributed by atoms with van der Waals surface area (Å²) in [5.41, 5.74) is 0.665. The second-order valence-electron chi connectivity index (χ2n) is 5.41. The molecule has 0 saturated heterocycles. The van der Waals surface area contributed by atoms with Crippen LogP contribution >= 0.6 is 15.9 Å². The van der Waals surface area contributed by atoms with Crippen LogP contribution in [0.2, 0.25) is 0 Å². The van der Waals surface area contributed by atoms with Gasteiger partial charge < -0.3 is 10.1 Å². The predicted octanol–water partition coefficient (Wildman–Crippen LogP) is 3.77. The van der Waals surface area contributed by atoms with Gasteiger partial charge in [0, 0.05) is 11.0 Å². The molecule has 1 amide bonds. The Morgan fingerprint density at radius 3 is 2.85 bits per heavy atom. The van der Waals surface area contributed by atoms with Crippen molar-refractivity contribution < 1.29 is 9.53 Å². The van der Waals surface area contributed by atoms with Gasteiger partial charge in [0.1, 0.15) is 0 Å². The summed E-state index contributed by atoms with van der Waals surface area (Å²) in [7, 11) is 0. The van der Waals surface area contributed by atoms with Crippen molar-refractivity contribution in [3.05, 3.63) is 34.3 Å². The Morgan fingerprint density at radius 2 is 2.10 bits per heavy atom. The summed E-state index contributed by atoms with van der Waals surface area (Å²) >= 11 is 3.38. The van der Waals surface area contributed by atoms with Gasteiger partial charge in [0.2, 0.25) is 0 Å². The zero-order valence-corrected chi connectivity index (χ0v) is 13.5. The first-order valence-corrected chi connectivity index (χ1v) is 8.12. The van der Waals surface area contributed by atoms with Crippen LogP contribution in [0.15, 0.2) is 28.7 Å². The maximum atomic E-state index is 12.0. The van der Waals surface area contributed by atoms with E-state index in [4.69, 9.17) is 4.74 Å². The molecule has 2 atom stereocenters. The van der Waals surface area contributed by atoms with E-state index in [9.17, 15) is 4.79 Å². The van der Waals surface area contributed by atoms with E-state index in [0.29, 0.717) is 30.7 Å². The molecule has 1 fully saturated rings. The number of carbonyl (C=O) groups is 1. The highest BCUT2D eigenvalue weighted by atomic mass is 79.9. The Bertz CT molecular complexity index is 450. The molecule has 1 N–H and O–H groups in total. The van der Waals surface area contributed by atoms with E-state index < -0.39 is 0 Å². The van der Waals surface area contributed by atoms with E-state index in [2.05, 4.69) is 28.2 Å². The van der Waals surface area contributed by atoms with Gasteiger partial charge in [-0.3, -0.25) is 4.79 Å². The highest BCUT2D eigenvalue weighted by Gasteiger charge is 2.21. The number of rotatable bonds is 5. The molecule has 0 aromatic heterocycles. The van der Waals surface area contributed by atoms with Crippen LogP contribution in [0.3, 0.4) is 0 Å².